The van der Waals surface area contributed by atoms with Crippen LogP contribution in [0, 0.1) is 11.8 Å². The molecule has 1 aliphatic heterocycles. The molecule has 2 aromatic rings. The SMILES string of the molecule is CN(C)C(=O)c1ccccc1O[C@@H]1C[C@@H]2CN(C/C=C/c3ccccc3)C[C@@H]2C[C@H]1O. The van der Waals surface area contributed by atoms with Gasteiger partial charge >= 0.3 is 0 Å². The van der Waals surface area contributed by atoms with E-state index in [-0.39, 0.29) is 12.0 Å². The van der Waals surface area contributed by atoms with Crippen LogP contribution in [0.3, 0.4) is 0 Å². The maximum absolute atomic E-state index is 12.5. The van der Waals surface area contributed by atoms with Crippen molar-refractivity contribution < 1.29 is 14.6 Å². The van der Waals surface area contributed by atoms with Crippen LogP contribution in [0.5, 0.6) is 5.75 Å². The predicted octanol–water partition coefficient (Wildman–Crippen LogP) is 3.55. The average molecular weight is 421 g/mol. The molecule has 5 nitrogen and oxygen atoms in total. The molecule has 2 aromatic carbocycles. The second-order valence-corrected chi connectivity index (χ2v) is 8.94. The Morgan fingerprint density at radius 2 is 1.74 bits per heavy atom. The van der Waals surface area contributed by atoms with Gasteiger partial charge in [0.2, 0.25) is 0 Å². The first kappa shape index (κ1) is 21.6. The molecule has 0 radical (unpaired) electrons. The molecule has 0 unspecified atom stereocenters. The first-order chi connectivity index (χ1) is 15.0. The van der Waals surface area contributed by atoms with Crippen LogP contribution >= 0.6 is 0 Å². The molecule has 2 fully saturated rings. The summed E-state index contributed by atoms with van der Waals surface area (Å²) in [6, 6.07) is 17.7. The number of carbonyl (C=O) groups excluding carboxylic acids is 1. The minimum Gasteiger partial charge on any atom is -0.487 e. The van der Waals surface area contributed by atoms with E-state index in [1.807, 2.05) is 24.3 Å². The van der Waals surface area contributed by atoms with Crippen LogP contribution in [0.25, 0.3) is 6.08 Å². The van der Waals surface area contributed by atoms with E-state index < -0.39 is 6.10 Å². The molecule has 5 heteroatoms. The Hall–Kier alpha value is -2.63. The standard InChI is InChI=1S/C26H32N2O3/c1-27(2)26(30)22-12-6-7-13-24(22)31-25-16-21-18-28(17-20(21)15-23(25)29)14-8-11-19-9-4-3-5-10-19/h3-13,20-21,23,25,29H,14-18H2,1-2H3/b11-8+/t20-,21+,23+,25+/m0/s1. The van der Waals surface area contributed by atoms with Crippen molar-refractivity contribution in [2.24, 2.45) is 11.8 Å². The van der Waals surface area contributed by atoms with Crippen LogP contribution in [-0.2, 0) is 0 Å². The van der Waals surface area contributed by atoms with Crippen molar-refractivity contribution >= 4 is 12.0 Å². The molecular weight excluding hydrogens is 388 g/mol. The number of amides is 1. The number of hydrogen-bond donors (Lipinski definition) is 1. The summed E-state index contributed by atoms with van der Waals surface area (Å²) in [5.74, 6) is 1.48. The van der Waals surface area contributed by atoms with Gasteiger partial charge in [-0.3, -0.25) is 9.69 Å². The fraction of sp³-hybridized carbons (Fsp3) is 0.423. The molecule has 2 aliphatic rings. The quantitative estimate of drug-likeness (QED) is 0.777. The van der Waals surface area contributed by atoms with E-state index in [4.69, 9.17) is 4.74 Å². The van der Waals surface area contributed by atoms with Crippen molar-refractivity contribution in [1.82, 2.24) is 9.80 Å². The van der Waals surface area contributed by atoms with Gasteiger partial charge in [0.05, 0.1) is 11.7 Å². The number of aliphatic hydroxyl groups is 1. The maximum atomic E-state index is 12.5. The number of fused-ring (bicyclic) bond motifs is 1. The molecular formula is C26H32N2O3. The third-order valence-electron chi connectivity index (χ3n) is 6.44. The van der Waals surface area contributed by atoms with E-state index in [0.717, 1.165) is 32.5 Å². The molecule has 164 valence electrons. The lowest BCUT2D eigenvalue weighted by molar-refractivity contribution is -0.0235. The zero-order valence-electron chi connectivity index (χ0n) is 18.4. The van der Waals surface area contributed by atoms with Gasteiger partial charge in [-0.15, -0.1) is 0 Å². The Morgan fingerprint density at radius 1 is 1.06 bits per heavy atom. The Balaban J connectivity index is 1.37. The molecule has 31 heavy (non-hydrogen) atoms. The van der Waals surface area contributed by atoms with E-state index >= 15 is 0 Å². The maximum Gasteiger partial charge on any atom is 0.257 e. The molecule has 4 rings (SSSR count). The molecule has 1 saturated carbocycles. The summed E-state index contributed by atoms with van der Waals surface area (Å²) in [7, 11) is 3.47. The Bertz CT molecular complexity index is 912. The van der Waals surface area contributed by atoms with Gasteiger partial charge in [-0.25, -0.2) is 0 Å². The van der Waals surface area contributed by atoms with Gasteiger partial charge in [-0.2, -0.15) is 0 Å². The largest absolute Gasteiger partial charge is 0.487 e. The van der Waals surface area contributed by atoms with Crippen molar-refractivity contribution in [2.75, 3.05) is 33.7 Å². The molecule has 1 amide bonds. The zero-order valence-corrected chi connectivity index (χ0v) is 18.4. The zero-order chi connectivity index (χ0) is 21.8. The number of hydrogen-bond acceptors (Lipinski definition) is 4. The number of carbonyl (C=O) groups is 1. The lowest BCUT2D eigenvalue weighted by atomic mass is 9.78. The lowest BCUT2D eigenvalue weighted by Gasteiger charge is -2.35. The van der Waals surface area contributed by atoms with Crippen LogP contribution in [0.1, 0.15) is 28.8 Å². The smallest absolute Gasteiger partial charge is 0.257 e. The van der Waals surface area contributed by atoms with Crippen molar-refractivity contribution in [3.05, 3.63) is 71.8 Å². The highest BCUT2D eigenvalue weighted by Crippen LogP contribution is 2.38. The number of para-hydroxylation sites is 1. The number of aliphatic hydroxyl groups excluding tert-OH is 1. The van der Waals surface area contributed by atoms with E-state index in [9.17, 15) is 9.90 Å². The lowest BCUT2D eigenvalue weighted by Crippen LogP contribution is -2.42. The topological polar surface area (TPSA) is 53.0 Å². The van der Waals surface area contributed by atoms with Gasteiger partial charge in [-0.1, -0.05) is 54.6 Å². The van der Waals surface area contributed by atoms with E-state index in [1.54, 1.807) is 25.1 Å². The molecule has 0 aromatic heterocycles. The first-order valence-corrected chi connectivity index (χ1v) is 11.1. The Labute approximate surface area is 184 Å². The van der Waals surface area contributed by atoms with Gasteiger partial charge < -0.3 is 14.7 Å². The van der Waals surface area contributed by atoms with Gasteiger partial charge in [0.25, 0.3) is 5.91 Å². The third kappa shape index (κ3) is 5.17. The third-order valence-corrected chi connectivity index (χ3v) is 6.44. The monoisotopic (exact) mass is 420 g/mol. The average Bonchev–Trinajstić information content (AvgIpc) is 3.16. The number of benzene rings is 2. The van der Waals surface area contributed by atoms with Gasteiger partial charge in [-0.05, 0) is 42.4 Å². The van der Waals surface area contributed by atoms with Crippen molar-refractivity contribution in [1.29, 1.82) is 0 Å². The predicted molar refractivity (Wildman–Crippen MR) is 123 cm³/mol. The summed E-state index contributed by atoms with van der Waals surface area (Å²) in [4.78, 5) is 16.5. The van der Waals surface area contributed by atoms with E-state index in [2.05, 4.69) is 41.3 Å². The van der Waals surface area contributed by atoms with Crippen LogP contribution in [0.4, 0.5) is 0 Å². The van der Waals surface area contributed by atoms with Crippen molar-refractivity contribution in [2.45, 2.75) is 25.0 Å². The van der Waals surface area contributed by atoms with E-state index in [0.29, 0.717) is 23.1 Å². The molecule has 1 saturated heterocycles. The number of likely N-dealkylation sites (tertiary alicyclic amines) is 1. The molecule has 1 aliphatic carbocycles. The summed E-state index contributed by atoms with van der Waals surface area (Å²) >= 11 is 0. The number of ether oxygens (including phenoxy) is 1. The van der Waals surface area contributed by atoms with E-state index in [1.165, 1.54) is 5.56 Å². The highest BCUT2D eigenvalue weighted by molar-refractivity contribution is 5.96. The minimum atomic E-state index is -0.511. The summed E-state index contributed by atoms with van der Waals surface area (Å²) < 4.78 is 6.22. The van der Waals surface area contributed by atoms with Crippen LogP contribution < -0.4 is 4.74 Å². The normalized spacial score (nSPS) is 26.0. The number of nitrogens with zero attached hydrogens (tertiary/aromatic N) is 2. The van der Waals surface area contributed by atoms with Crippen LogP contribution in [0.2, 0.25) is 0 Å². The summed E-state index contributed by atoms with van der Waals surface area (Å²) in [6.07, 6.45) is 5.16. The fourth-order valence-corrected chi connectivity index (χ4v) is 4.82. The van der Waals surface area contributed by atoms with Crippen LogP contribution in [-0.4, -0.2) is 66.8 Å². The van der Waals surface area contributed by atoms with Gasteiger partial charge in [0.15, 0.2) is 0 Å². The summed E-state index contributed by atoms with van der Waals surface area (Å²) in [5.41, 5.74) is 1.76. The molecule has 1 N–H and O–H groups in total. The minimum absolute atomic E-state index is 0.0870. The molecule has 1 heterocycles. The number of rotatable bonds is 6. The van der Waals surface area contributed by atoms with Crippen LogP contribution in [0.15, 0.2) is 60.7 Å². The van der Waals surface area contributed by atoms with Gasteiger partial charge in [0, 0.05) is 33.7 Å². The highest BCUT2D eigenvalue weighted by atomic mass is 16.5. The second-order valence-electron chi connectivity index (χ2n) is 8.94. The van der Waals surface area contributed by atoms with Crippen molar-refractivity contribution in [3.8, 4) is 5.75 Å². The van der Waals surface area contributed by atoms with Crippen molar-refractivity contribution in [3.63, 3.8) is 0 Å². The van der Waals surface area contributed by atoms with Gasteiger partial charge in [0.1, 0.15) is 11.9 Å². The second kappa shape index (κ2) is 9.67. The fourth-order valence-electron chi connectivity index (χ4n) is 4.82. The highest BCUT2D eigenvalue weighted by Gasteiger charge is 2.42. The molecule has 0 spiro atoms. The Morgan fingerprint density at radius 3 is 2.48 bits per heavy atom. The summed E-state index contributed by atoms with van der Waals surface area (Å²) in [5, 5.41) is 10.8. The Kier molecular flexibility index (Phi) is 6.73. The molecule has 0 bridgehead atoms. The molecule has 4 atom stereocenters. The first-order valence-electron chi connectivity index (χ1n) is 11.1. The summed E-state index contributed by atoms with van der Waals surface area (Å²) in [6.45, 7) is 2.96.